The second kappa shape index (κ2) is 9.10. The van der Waals surface area contributed by atoms with Gasteiger partial charge in [-0.05, 0) is 32.1 Å². The molecule has 2 aliphatic rings. The highest BCUT2D eigenvalue weighted by Crippen LogP contribution is 2.29. The lowest BCUT2D eigenvalue weighted by molar-refractivity contribution is -0.144. The summed E-state index contributed by atoms with van der Waals surface area (Å²) >= 11 is 0. The zero-order chi connectivity index (χ0) is 15.8. The summed E-state index contributed by atoms with van der Waals surface area (Å²) in [7, 11) is 0. The van der Waals surface area contributed by atoms with Gasteiger partial charge in [0.1, 0.15) is 0 Å². The molecule has 3 unspecified atom stereocenters. The summed E-state index contributed by atoms with van der Waals surface area (Å²) in [4.78, 5) is 23.1. The predicted octanol–water partition coefficient (Wildman–Crippen LogP) is 1.44. The maximum Gasteiger partial charge on any atom is 0.306 e. The minimum Gasteiger partial charge on any atom is -0.481 e. The normalized spacial score (nSPS) is 28.5. The van der Waals surface area contributed by atoms with E-state index in [0.29, 0.717) is 31.9 Å². The molecule has 0 aromatic heterocycles. The first-order valence-electron chi connectivity index (χ1n) is 8.33. The van der Waals surface area contributed by atoms with Crippen molar-refractivity contribution in [2.24, 2.45) is 17.8 Å². The molecule has 1 saturated carbocycles. The summed E-state index contributed by atoms with van der Waals surface area (Å²) in [5.74, 6) is -0.769. The quantitative estimate of drug-likeness (QED) is 0.662. The molecule has 3 atom stereocenters. The molecule has 2 fully saturated rings. The van der Waals surface area contributed by atoms with Crippen LogP contribution in [0.15, 0.2) is 0 Å². The summed E-state index contributed by atoms with van der Waals surface area (Å²) < 4.78 is 10.9. The Balaban J connectivity index is 1.52. The van der Waals surface area contributed by atoms with E-state index in [0.717, 1.165) is 45.5 Å². The third kappa shape index (κ3) is 5.57. The third-order valence-corrected chi connectivity index (χ3v) is 4.54. The van der Waals surface area contributed by atoms with Crippen LogP contribution in [-0.2, 0) is 19.1 Å². The fourth-order valence-electron chi connectivity index (χ4n) is 3.15. The first-order valence-corrected chi connectivity index (χ1v) is 8.33. The van der Waals surface area contributed by atoms with Gasteiger partial charge in [0.2, 0.25) is 5.91 Å². The van der Waals surface area contributed by atoms with Crippen molar-refractivity contribution in [3.63, 3.8) is 0 Å². The lowest BCUT2D eigenvalue weighted by Crippen LogP contribution is -2.36. The number of rotatable bonds is 8. The molecular weight excluding hydrogens is 286 g/mol. The second-order valence-electron chi connectivity index (χ2n) is 6.35. The van der Waals surface area contributed by atoms with E-state index < -0.39 is 5.97 Å². The van der Waals surface area contributed by atoms with Crippen LogP contribution in [-0.4, -0.2) is 50.0 Å². The van der Waals surface area contributed by atoms with Crippen LogP contribution in [0, 0.1) is 17.8 Å². The molecule has 0 spiro atoms. The molecule has 22 heavy (non-hydrogen) atoms. The lowest BCUT2D eigenvalue weighted by Gasteiger charge is -2.25. The molecule has 0 aromatic rings. The van der Waals surface area contributed by atoms with Crippen molar-refractivity contribution in [1.82, 2.24) is 5.32 Å². The topological polar surface area (TPSA) is 84.9 Å². The zero-order valence-electron chi connectivity index (χ0n) is 13.1. The Morgan fingerprint density at radius 3 is 2.77 bits per heavy atom. The maximum absolute atomic E-state index is 12.0. The van der Waals surface area contributed by atoms with Crippen molar-refractivity contribution in [1.29, 1.82) is 0 Å². The fourth-order valence-corrected chi connectivity index (χ4v) is 3.15. The molecule has 0 radical (unpaired) electrons. The number of nitrogens with one attached hydrogen (secondary N) is 1. The van der Waals surface area contributed by atoms with Crippen LogP contribution >= 0.6 is 0 Å². The number of hydrogen-bond acceptors (Lipinski definition) is 4. The van der Waals surface area contributed by atoms with E-state index in [4.69, 9.17) is 14.6 Å². The maximum atomic E-state index is 12.0. The Hall–Kier alpha value is -1.14. The summed E-state index contributed by atoms with van der Waals surface area (Å²) in [6.45, 7) is 3.59. The van der Waals surface area contributed by atoms with Crippen molar-refractivity contribution >= 4 is 11.9 Å². The van der Waals surface area contributed by atoms with Gasteiger partial charge in [-0.3, -0.25) is 9.59 Å². The van der Waals surface area contributed by atoms with E-state index >= 15 is 0 Å². The molecule has 1 amide bonds. The Morgan fingerprint density at radius 2 is 2.05 bits per heavy atom. The van der Waals surface area contributed by atoms with E-state index in [1.54, 1.807) is 0 Å². The van der Waals surface area contributed by atoms with Crippen LogP contribution in [0.1, 0.15) is 38.5 Å². The molecule has 1 saturated heterocycles. The Morgan fingerprint density at radius 1 is 1.23 bits per heavy atom. The number of amides is 1. The number of ether oxygens (including phenoxy) is 2. The molecule has 2 rings (SSSR count). The largest absolute Gasteiger partial charge is 0.481 e. The lowest BCUT2D eigenvalue weighted by atomic mass is 9.81. The number of aliphatic carboxylic acids is 1. The van der Waals surface area contributed by atoms with Crippen LogP contribution in [0.5, 0.6) is 0 Å². The average Bonchev–Trinajstić information content (AvgIpc) is 3.04. The van der Waals surface area contributed by atoms with E-state index in [-0.39, 0.29) is 17.7 Å². The van der Waals surface area contributed by atoms with Crippen LogP contribution in [0.2, 0.25) is 0 Å². The SMILES string of the molecule is O=C(O)C1CCCC(C(=O)NCCCOCC2CCOC2)C1. The Labute approximate surface area is 131 Å². The smallest absolute Gasteiger partial charge is 0.306 e. The molecule has 6 heteroatoms. The summed E-state index contributed by atoms with van der Waals surface area (Å²) in [5.41, 5.74) is 0. The number of carbonyl (C=O) groups is 2. The second-order valence-corrected chi connectivity index (χ2v) is 6.35. The van der Waals surface area contributed by atoms with Gasteiger partial charge in [0, 0.05) is 31.6 Å². The van der Waals surface area contributed by atoms with E-state index in [9.17, 15) is 9.59 Å². The molecule has 1 aliphatic carbocycles. The highest BCUT2D eigenvalue weighted by atomic mass is 16.5. The molecule has 0 bridgehead atoms. The van der Waals surface area contributed by atoms with Crippen LogP contribution in [0.3, 0.4) is 0 Å². The highest BCUT2D eigenvalue weighted by molar-refractivity contribution is 5.80. The summed E-state index contributed by atoms with van der Waals surface area (Å²) in [6.07, 6.45) is 4.64. The Kier molecular flexibility index (Phi) is 7.12. The molecule has 0 aromatic carbocycles. The molecule has 2 N–H and O–H groups in total. The zero-order valence-corrected chi connectivity index (χ0v) is 13.1. The van der Waals surface area contributed by atoms with E-state index in [2.05, 4.69) is 5.32 Å². The Bertz CT molecular complexity index is 368. The van der Waals surface area contributed by atoms with Gasteiger partial charge >= 0.3 is 5.97 Å². The van der Waals surface area contributed by atoms with Crippen molar-refractivity contribution in [2.75, 3.05) is 33.0 Å². The van der Waals surface area contributed by atoms with Crippen molar-refractivity contribution in [3.05, 3.63) is 0 Å². The van der Waals surface area contributed by atoms with Crippen LogP contribution < -0.4 is 5.32 Å². The first kappa shape index (κ1) is 17.2. The predicted molar refractivity (Wildman–Crippen MR) is 80.5 cm³/mol. The number of carboxylic acid groups (broad SMARTS) is 1. The van der Waals surface area contributed by atoms with Crippen LogP contribution in [0.4, 0.5) is 0 Å². The van der Waals surface area contributed by atoms with Gasteiger partial charge in [-0.2, -0.15) is 0 Å². The van der Waals surface area contributed by atoms with E-state index in [1.807, 2.05) is 0 Å². The molecule has 6 nitrogen and oxygen atoms in total. The third-order valence-electron chi connectivity index (χ3n) is 4.54. The minimum atomic E-state index is -0.776. The average molecular weight is 313 g/mol. The van der Waals surface area contributed by atoms with Gasteiger partial charge in [0.15, 0.2) is 0 Å². The monoisotopic (exact) mass is 313 g/mol. The van der Waals surface area contributed by atoms with Gasteiger partial charge in [-0.25, -0.2) is 0 Å². The van der Waals surface area contributed by atoms with Gasteiger partial charge in [0.05, 0.1) is 19.1 Å². The minimum absolute atomic E-state index is 0.00450. The van der Waals surface area contributed by atoms with E-state index in [1.165, 1.54) is 0 Å². The summed E-state index contributed by atoms with van der Waals surface area (Å²) in [5, 5.41) is 11.9. The van der Waals surface area contributed by atoms with Crippen molar-refractivity contribution < 1.29 is 24.2 Å². The van der Waals surface area contributed by atoms with Crippen molar-refractivity contribution in [3.8, 4) is 0 Å². The number of carboxylic acids is 1. The van der Waals surface area contributed by atoms with Crippen molar-refractivity contribution in [2.45, 2.75) is 38.5 Å². The fraction of sp³-hybridized carbons (Fsp3) is 0.875. The molecule has 1 heterocycles. The standard InChI is InChI=1S/C16H27NO5/c18-15(13-3-1-4-14(9-13)16(19)20)17-6-2-7-21-10-12-5-8-22-11-12/h12-14H,1-11H2,(H,17,18)(H,19,20). The van der Waals surface area contributed by atoms with Gasteiger partial charge < -0.3 is 19.9 Å². The molecule has 1 aliphatic heterocycles. The number of hydrogen-bond donors (Lipinski definition) is 2. The number of carbonyl (C=O) groups excluding carboxylic acids is 1. The van der Waals surface area contributed by atoms with Gasteiger partial charge in [-0.1, -0.05) is 6.42 Å². The van der Waals surface area contributed by atoms with Crippen LogP contribution in [0.25, 0.3) is 0 Å². The molecule has 126 valence electrons. The van der Waals surface area contributed by atoms with Gasteiger partial charge in [0.25, 0.3) is 0 Å². The molecular formula is C16H27NO5. The highest BCUT2D eigenvalue weighted by Gasteiger charge is 2.30. The van der Waals surface area contributed by atoms with Gasteiger partial charge in [-0.15, -0.1) is 0 Å². The first-order chi connectivity index (χ1) is 10.7. The summed E-state index contributed by atoms with van der Waals surface area (Å²) in [6, 6.07) is 0.